The summed E-state index contributed by atoms with van der Waals surface area (Å²) in [5.74, 6) is -2.41. The van der Waals surface area contributed by atoms with Gasteiger partial charge in [0, 0.05) is 24.9 Å². The van der Waals surface area contributed by atoms with Crippen LogP contribution in [0.4, 0.5) is 0 Å². The quantitative estimate of drug-likeness (QED) is 0.0817. The van der Waals surface area contributed by atoms with E-state index in [2.05, 4.69) is 25.6 Å². The van der Waals surface area contributed by atoms with E-state index in [0.717, 1.165) is 0 Å². The van der Waals surface area contributed by atoms with Crippen molar-refractivity contribution in [2.75, 3.05) is 13.1 Å². The molecule has 0 aliphatic carbocycles. The maximum absolute atomic E-state index is 12.7. The molecule has 1 aromatic heterocycles. The van der Waals surface area contributed by atoms with E-state index in [1.54, 1.807) is 6.20 Å². The lowest BCUT2D eigenvalue weighted by molar-refractivity contribution is -0.142. The van der Waals surface area contributed by atoms with Crippen LogP contribution in [0.15, 0.2) is 17.5 Å². The van der Waals surface area contributed by atoms with Crippen molar-refractivity contribution >= 4 is 23.7 Å². The van der Waals surface area contributed by atoms with Crippen molar-refractivity contribution < 1.29 is 19.5 Å². The van der Waals surface area contributed by atoms with Crippen molar-refractivity contribution in [2.45, 2.75) is 56.7 Å². The Morgan fingerprint density at radius 2 is 1.77 bits per heavy atom. The summed E-state index contributed by atoms with van der Waals surface area (Å²) in [6.07, 6.45) is 5.21. The van der Waals surface area contributed by atoms with Gasteiger partial charge in [0.15, 0.2) is 5.96 Å². The van der Waals surface area contributed by atoms with Crippen LogP contribution in [0.3, 0.4) is 0 Å². The average Bonchev–Trinajstić information content (AvgIpc) is 3.21. The van der Waals surface area contributed by atoms with Gasteiger partial charge >= 0.3 is 5.97 Å². The van der Waals surface area contributed by atoms with E-state index in [1.165, 1.54) is 6.33 Å². The maximum atomic E-state index is 12.7. The third-order valence-corrected chi connectivity index (χ3v) is 4.47. The van der Waals surface area contributed by atoms with Crippen molar-refractivity contribution in [1.29, 1.82) is 0 Å². The Balaban J connectivity index is 2.77. The fourth-order valence-corrected chi connectivity index (χ4v) is 2.80. The minimum atomic E-state index is -1.16. The molecule has 0 saturated heterocycles. The Bertz CT molecular complexity index is 720. The zero-order valence-corrected chi connectivity index (χ0v) is 17.4. The summed E-state index contributed by atoms with van der Waals surface area (Å²) in [6.45, 7) is 0.680. The SMILES string of the molecule is NCCCC[C@H](NC(=O)[C@H](CCCN=C(N)N)NC(=O)[C@@H](N)Cc1cnc[nH]1)C(=O)O. The molecule has 0 bridgehead atoms. The lowest BCUT2D eigenvalue weighted by Crippen LogP contribution is -2.54. The molecular formula is C18H33N9O4. The number of aliphatic imine (C=N–C) groups is 1. The summed E-state index contributed by atoms with van der Waals surface area (Å²) in [4.78, 5) is 47.3. The van der Waals surface area contributed by atoms with Crippen LogP contribution in [0.1, 0.15) is 37.8 Å². The number of unbranched alkanes of at least 4 members (excludes halogenated alkanes) is 1. The minimum Gasteiger partial charge on any atom is -0.480 e. The highest BCUT2D eigenvalue weighted by Crippen LogP contribution is 2.05. The first-order valence-electron chi connectivity index (χ1n) is 10.1. The van der Waals surface area contributed by atoms with E-state index in [1.807, 2.05) is 0 Å². The second-order valence-corrected chi connectivity index (χ2v) is 7.08. The predicted octanol–water partition coefficient (Wildman–Crippen LogP) is -2.48. The number of nitrogens with zero attached hydrogens (tertiary/aromatic N) is 2. The zero-order chi connectivity index (χ0) is 23.2. The number of aromatic amines is 1. The average molecular weight is 440 g/mol. The molecule has 0 aliphatic rings. The van der Waals surface area contributed by atoms with Crippen molar-refractivity contribution in [1.82, 2.24) is 20.6 Å². The first kappa shape index (κ1) is 25.8. The number of rotatable bonds is 15. The monoisotopic (exact) mass is 439 g/mol. The molecule has 3 atom stereocenters. The highest BCUT2D eigenvalue weighted by Gasteiger charge is 2.27. The van der Waals surface area contributed by atoms with Crippen LogP contribution in [0.5, 0.6) is 0 Å². The third kappa shape index (κ3) is 10.4. The van der Waals surface area contributed by atoms with Gasteiger partial charge in [0.2, 0.25) is 11.8 Å². The van der Waals surface area contributed by atoms with E-state index in [4.69, 9.17) is 22.9 Å². The molecule has 0 unspecified atom stereocenters. The van der Waals surface area contributed by atoms with E-state index < -0.39 is 35.9 Å². The fourth-order valence-electron chi connectivity index (χ4n) is 2.80. The number of nitrogens with two attached hydrogens (primary N) is 4. The van der Waals surface area contributed by atoms with E-state index in [9.17, 15) is 19.5 Å². The number of carboxylic acids is 1. The third-order valence-electron chi connectivity index (χ3n) is 4.47. The Morgan fingerprint density at radius 3 is 2.35 bits per heavy atom. The standard InChI is InChI=1S/C18H33N9O4/c19-6-2-1-4-14(17(30)31)27-16(29)13(5-3-7-24-18(21)22)26-15(28)12(20)8-11-9-23-10-25-11/h9-10,12-14H,1-8,19-20H2,(H,23,25)(H,26,28)(H,27,29)(H,30,31)(H4,21,22,24)/t12-,13-,14-/m0/s1. The number of carbonyl (C=O) groups excluding carboxylic acids is 2. The van der Waals surface area contributed by atoms with Gasteiger partial charge in [0.25, 0.3) is 0 Å². The van der Waals surface area contributed by atoms with Gasteiger partial charge in [-0.1, -0.05) is 0 Å². The highest BCUT2D eigenvalue weighted by atomic mass is 16.4. The maximum Gasteiger partial charge on any atom is 0.326 e. The molecule has 31 heavy (non-hydrogen) atoms. The van der Waals surface area contributed by atoms with Crippen LogP contribution < -0.4 is 33.6 Å². The molecule has 0 radical (unpaired) electrons. The van der Waals surface area contributed by atoms with Crippen LogP contribution in [0.25, 0.3) is 0 Å². The second kappa shape index (κ2) is 13.9. The van der Waals surface area contributed by atoms with Crippen LogP contribution in [0.2, 0.25) is 0 Å². The number of carboxylic acid groups (broad SMARTS) is 1. The number of H-pyrrole nitrogens is 1. The first-order valence-corrected chi connectivity index (χ1v) is 10.1. The molecule has 174 valence electrons. The van der Waals surface area contributed by atoms with Crippen LogP contribution in [0, 0.1) is 0 Å². The number of aromatic nitrogens is 2. The molecule has 1 rings (SSSR count). The number of hydrogen-bond donors (Lipinski definition) is 8. The van der Waals surface area contributed by atoms with Crippen molar-refractivity contribution in [3.8, 4) is 0 Å². The molecule has 2 amide bonds. The number of carbonyl (C=O) groups is 3. The Hall–Kier alpha value is -3.19. The molecule has 0 fully saturated rings. The molecule has 0 aliphatic heterocycles. The molecule has 0 spiro atoms. The number of imidazole rings is 1. The Morgan fingerprint density at radius 1 is 1.10 bits per heavy atom. The fraction of sp³-hybridized carbons (Fsp3) is 0.611. The Labute approximate surface area is 180 Å². The molecule has 1 aromatic rings. The van der Waals surface area contributed by atoms with Crippen molar-refractivity contribution in [3.05, 3.63) is 18.2 Å². The molecule has 1 heterocycles. The number of amides is 2. The largest absolute Gasteiger partial charge is 0.480 e. The highest BCUT2D eigenvalue weighted by molar-refractivity contribution is 5.91. The predicted molar refractivity (Wildman–Crippen MR) is 115 cm³/mol. The van der Waals surface area contributed by atoms with Crippen LogP contribution in [-0.2, 0) is 20.8 Å². The van der Waals surface area contributed by atoms with Gasteiger partial charge < -0.3 is 43.7 Å². The van der Waals surface area contributed by atoms with Crippen molar-refractivity contribution in [2.24, 2.45) is 27.9 Å². The van der Waals surface area contributed by atoms with Gasteiger partial charge in [0.05, 0.1) is 12.4 Å². The van der Waals surface area contributed by atoms with Gasteiger partial charge in [-0.3, -0.25) is 14.6 Å². The van der Waals surface area contributed by atoms with Crippen LogP contribution in [-0.4, -0.2) is 70.0 Å². The van der Waals surface area contributed by atoms with E-state index >= 15 is 0 Å². The number of hydrogen-bond acceptors (Lipinski definition) is 7. The number of nitrogens with one attached hydrogen (secondary N) is 3. The summed E-state index contributed by atoms with van der Waals surface area (Å²) in [7, 11) is 0. The topological polar surface area (TPSA) is 241 Å². The van der Waals surface area contributed by atoms with E-state index in [0.29, 0.717) is 31.5 Å². The minimum absolute atomic E-state index is 0.0857. The second-order valence-electron chi connectivity index (χ2n) is 7.08. The summed E-state index contributed by atoms with van der Waals surface area (Å²) in [5, 5.41) is 14.5. The first-order chi connectivity index (χ1) is 14.7. The molecule has 12 N–H and O–H groups in total. The van der Waals surface area contributed by atoms with Gasteiger partial charge in [-0.25, -0.2) is 9.78 Å². The molecule has 13 heteroatoms. The smallest absolute Gasteiger partial charge is 0.326 e. The lowest BCUT2D eigenvalue weighted by atomic mass is 10.1. The summed E-state index contributed by atoms with van der Waals surface area (Å²) < 4.78 is 0. The van der Waals surface area contributed by atoms with E-state index in [-0.39, 0.29) is 31.8 Å². The van der Waals surface area contributed by atoms with Gasteiger partial charge in [-0.05, 0) is 38.6 Å². The molecule has 13 nitrogen and oxygen atoms in total. The molecule has 0 saturated carbocycles. The zero-order valence-electron chi connectivity index (χ0n) is 17.4. The summed E-state index contributed by atoms with van der Waals surface area (Å²) in [6, 6.07) is -3.01. The van der Waals surface area contributed by atoms with Crippen molar-refractivity contribution in [3.63, 3.8) is 0 Å². The number of aliphatic carboxylic acids is 1. The van der Waals surface area contributed by atoms with Gasteiger partial charge in [0.1, 0.15) is 12.1 Å². The normalized spacial score (nSPS) is 13.6. The van der Waals surface area contributed by atoms with Gasteiger partial charge in [-0.2, -0.15) is 0 Å². The van der Waals surface area contributed by atoms with Gasteiger partial charge in [-0.15, -0.1) is 0 Å². The number of guanidine groups is 1. The van der Waals surface area contributed by atoms with Crippen LogP contribution >= 0.6 is 0 Å². The Kier molecular flexibility index (Phi) is 11.6. The lowest BCUT2D eigenvalue weighted by Gasteiger charge is -2.23. The summed E-state index contributed by atoms with van der Waals surface area (Å²) >= 11 is 0. The molecular weight excluding hydrogens is 406 g/mol. The summed E-state index contributed by atoms with van der Waals surface area (Å²) in [5.41, 5.74) is 22.6. The molecule has 0 aromatic carbocycles.